The van der Waals surface area contributed by atoms with Gasteiger partial charge in [0, 0.05) is 24.3 Å². The van der Waals surface area contributed by atoms with Crippen molar-refractivity contribution in [2.24, 2.45) is 0 Å². The quantitative estimate of drug-likeness (QED) is 0.256. The van der Waals surface area contributed by atoms with E-state index in [4.69, 9.17) is 0 Å². The number of hydrogen-bond acceptors (Lipinski definition) is 0. The van der Waals surface area contributed by atoms with E-state index in [9.17, 15) is 39.5 Å². The summed E-state index contributed by atoms with van der Waals surface area (Å²) in [5.41, 5.74) is -10.2. The third-order valence-corrected chi connectivity index (χ3v) is 4.74. The summed E-state index contributed by atoms with van der Waals surface area (Å²) in [7, 11) is 0. The van der Waals surface area contributed by atoms with E-state index in [1.54, 1.807) is 0 Å². The molecule has 0 unspecified atom stereocenters. The fourth-order valence-corrected chi connectivity index (χ4v) is 4.19. The first-order valence-corrected chi connectivity index (χ1v) is 8.56. The molecule has 0 aliphatic carbocycles. The monoisotopic (exact) mass is 609 g/mol. The molecular weight excluding hydrogens is 605 g/mol. The lowest BCUT2D eigenvalue weighted by molar-refractivity contribution is -0.348. The topological polar surface area (TPSA) is 0 Å². The lowest BCUT2D eigenvalue weighted by atomic mass is 9.86. The van der Waals surface area contributed by atoms with E-state index in [2.05, 4.69) is 6.07 Å². The Bertz CT molecular complexity index is 806. The van der Waals surface area contributed by atoms with Crippen molar-refractivity contribution >= 4 is 45.2 Å². The van der Waals surface area contributed by atoms with Crippen molar-refractivity contribution in [1.82, 2.24) is 0 Å². The minimum absolute atomic E-state index is 0.227. The molecule has 0 nitrogen and oxygen atoms in total. The second-order valence-electron chi connectivity index (χ2n) is 4.97. The molecule has 0 atom stereocenters. The second kappa shape index (κ2) is 7.02. The van der Waals surface area contributed by atoms with Gasteiger partial charge in [-0.05, 0) is 63.4 Å². The van der Waals surface area contributed by atoms with Crippen LogP contribution in [0.3, 0.4) is 0 Å². The van der Waals surface area contributed by atoms with Gasteiger partial charge in [-0.3, -0.25) is 0 Å². The molecule has 0 saturated heterocycles. The summed E-state index contributed by atoms with van der Waals surface area (Å²) in [6, 6.07) is 4.71. The summed E-state index contributed by atoms with van der Waals surface area (Å²) in [5.74, 6) is -2.88. The molecule has 2 aromatic carbocycles. The molecule has 11 heteroatoms. The van der Waals surface area contributed by atoms with Crippen LogP contribution >= 0.6 is 45.2 Å². The summed E-state index contributed by atoms with van der Waals surface area (Å²) in [4.78, 5) is 0. The van der Waals surface area contributed by atoms with Crippen molar-refractivity contribution in [1.29, 1.82) is 0 Å². The van der Waals surface area contributed by atoms with E-state index in [0.717, 1.165) is 6.07 Å². The first kappa shape index (κ1) is 21.6. The third-order valence-electron chi connectivity index (χ3n) is 3.35. The molecule has 26 heavy (non-hydrogen) atoms. The summed E-state index contributed by atoms with van der Waals surface area (Å²) in [6.45, 7) is 0. The van der Waals surface area contributed by atoms with Crippen molar-refractivity contribution in [2.75, 3.05) is 0 Å². The van der Waals surface area contributed by atoms with E-state index < -0.39 is 49.9 Å². The number of benzene rings is 2. The number of rotatable bonds is 2. The Kier molecular flexibility index (Phi) is 5.82. The summed E-state index contributed by atoms with van der Waals surface area (Å²) in [6.07, 6.45) is -12.8. The minimum Gasteiger partial charge on any atom is -0.218 e. The fourth-order valence-electron chi connectivity index (χ4n) is 2.24. The minimum atomic E-state index is -6.42. The smallest absolute Gasteiger partial charge is 0.218 e. The molecule has 0 amide bonds. The summed E-state index contributed by atoms with van der Waals surface area (Å²) >= 11 is 2.58. The molecule has 1 radical (unpaired) electrons. The molecule has 2 aromatic rings. The second-order valence-corrected chi connectivity index (χ2v) is 7.21. The zero-order valence-electron chi connectivity index (χ0n) is 12.0. The number of halogens is 11. The molecule has 2 rings (SSSR count). The van der Waals surface area contributed by atoms with Crippen LogP contribution < -0.4 is 0 Å². The van der Waals surface area contributed by atoms with Crippen molar-refractivity contribution in [3.8, 4) is 11.1 Å². The summed E-state index contributed by atoms with van der Waals surface area (Å²) in [5, 5.41) is 0. The predicted molar refractivity (Wildman–Crippen MR) is 91.0 cm³/mol. The average molecular weight is 609 g/mol. The van der Waals surface area contributed by atoms with Gasteiger partial charge in [-0.15, -0.1) is 0 Å². The van der Waals surface area contributed by atoms with Crippen molar-refractivity contribution in [3.63, 3.8) is 0 Å². The van der Waals surface area contributed by atoms with Gasteiger partial charge in [0.05, 0.1) is 5.56 Å². The van der Waals surface area contributed by atoms with Gasteiger partial charge in [0.1, 0.15) is 11.6 Å². The Hall–Kier alpha value is -0.730. The molecular formula is C15H4F9I2. The SMILES string of the molecule is Fc1cccc(F)c1-c1c(I)[c]c(I)cc1C(F)(C(F)(F)F)C(F)(F)F. The Balaban J connectivity index is 3.03. The van der Waals surface area contributed by atoms with Gasteiger partial charge in [0.2, 0.25) is 0 Å². The Labute approximate surface area is 168 Å². The van der Waals surface area contributed by atoms with Crippen LogP contribution in [-0.2, 0) is 5.67 Å². The third kappa shape index (κ3) is 3.52. The maximum absolute atomic E-state index is 14.6. The van der Waals surface area contributed by atoms with Crippen LogP contribution in [0.5, 0.6) is 0 Å². The summed E-state index contributed by atoms with van der Waals surface area (Å²) < 4.78 is 121. The number of alkyl halides is 7. The maximum Gasteiger partial charge on any atom is 0.435 e. The van der Waals surface area contributed by atoms with Gasteiger partial charge in [-0.2, -0.15) is 26.3 Å². The van der Waals surface area contributed by atoms with E-state index in [1.165, 1.54) is 45.2 Å². The van der Waals surface area contributed by atoms with Gasteiger partial charge in [0.25, 0.3) is 0 Å². The average Bonchev–Trinajstić information content (AvgIpc) is 2.45. The van der Waals surface area contributed by atoms with Crippen molar-refractivity contribution < 1.29 is 39.5 Å². The molecule has 0 aliphatic heterocycles. The highest BCUT2D eigenvalue weighted by molar-refractivity contribution is 14.1. The molecule has 141 valence electrons. The van der Waals surface area contributed by atoms with Crippen molar-refractivity contribution in [3.05, 3.63) is 54.7 Å². The van der Waals surface area contributed by atoms with Crippen molar-refractivity contribution in [2.45, 2.75) is 18.0 Å². The van der Waals surface area contributed by atoms with E-state index in [0.29, 0.717) is 12.1 Å². The molecule has 0 spiro atoms. The number of hydrogen-bond donors (Lipinski definition) is 0. The first-order chi connectivity index (χ1) is 11.7. The van der Waals surface area contributed by atoms with Crippen LogP contribution in [0.15, 0.2) is 24.3 Å². The molecule has 0 N–H and O–H groups in total. The van der Waals surface area contributed by atoms with Crippen LogP contribution in [0.1, 0.15) is 5.56 Å². The lowest BCUT2D eigenvalue weighted by Gasteiger charge is -2.32. The lowest BCUT2D eigenvalue weighted by Crippen LogP contribution is -2.50. The van der Waals surface area contributed by atoms with Gasteiger partial charge in [-0.1, -0.05) is 6.07 Å². The molecule has 0 fully saturated rings. The normalized spacial score (nSPS) is 13.2. The van der Waals surface area contributed by atoms with Gasteiger partial charge < -0.3 is 0 Å². The maximum atomic E-state index is 14.6. The van der Waals surface area contributed by atoms with E-state index in [1.807, 2.05) is 0 Å². The van der Waals surface area contributed by atoms with E-state index >= 15 is 0 Å². The fraction of sp³-hybridized carbons (Fsp3) is 0.200. The van der Waals surface area contributed by atoms with Crippen LogP contribution in [0, 0.1) is 24.8 Å². The molecule has 0 bridgehead atoms. The van der Waals surface area contributed by atoms with Gasteiger partial charge in [0.15, 0.2) is 0 Å². The highest BCUT2D eigenvalue weighted by Gasteiger charge is 2.74. The van der Waals surface area contributed by atoms with Crippen LogP contribution in [0.2, 0.25) is 0 Å². The van der Waals surface area contributed by atoms with Crippen LogP contribution in [0.25, 0.3) is 11.1 Å². The highest BCUT2D eigenvalue weighted by Crippen LogP contribution is 2.56. The van der Waals surface area contributed by atoms with Gasteiger partial charge >= 0.3 is 18.0 Å². The van der Waals surface area contributed by atoms with Crippen LogP contribution in [-0.4, -0.2) is 12.4 Å². The molecule has 0 aliphatic rings. The zero-order chi connectivity index (χ0) is 20.1. The van der Waals surface area contributed by atoms with Crippen LogP contribution in [0.4, 0.5) is 39.5 Å². The largest absolute Gasteiger partial charge is 0.435 e. The molecule has 0 saturated carbocycles. The molecule has 0 heterocycles. The zero-order valence-corrected chi connectivity index (χ0v) is 16.3. The first-order valence-electron chi connectivity index (χ1n) is 6.40. The Morgan fingerprint density at radius 1 is 0.769 bits per heavy atom. The van der Waals surface area contributed by atoms with Gasteiger partial charge in [-0.25, -0.2) is 13.2 Å². The predicted octanol–water partition coefficient (Wildman–Crippen LogP) is 6.93. The van der Waals surface area contributed by atoms with E-state index in [-0.39, 0.29) is 9.64 Å². The Morgan fingerprint density at radius 2 is 1.23 bits per heavy atom. The Morgan fingerprint density at radius 3 is 1.65 bits per heavy atom. The molecule has 0 aromatic heterocycles. The highest BCUT2D eigenvalue weighted by atomic mass is 127. The standard InChI is InChI=1S/C15H4F9I2/c16-8-2-1-3-9(17)12(8)11-7(4-6(25)5-10(11)26)13(18,14(19,20)21)15(22,23)24/h1-4H.